The highest BCUT2D eigenvalue weighted by Crippen LogP contribution is 2.29. The Balaban J connectivity index is 2.02. The van der Waals surface area contributed by atoms with E-state index in [9.17, 15) is 9.59 Å². The van der Waals surface area contributed by atoms with Gasteiger partial charge in [0, 0.05) is 16.4 Å². The summed E-state index contributed by atoms with van der Waals surface area (Å²) in [6.45, 7) is 8.08. The highest BCUT2D eigenvalue weighted by molar-refractivity contribution is 6.30. The van der Waals surface area contributed by atoms with Crippen molar-refractivity contribution in [2.45, 2.75) is 39.5 Å². The van der Waals surface area contributed by atoms with E-state index in [-0.39, 0.29) is 23.7 Å². The molecule has 0 radical (unpaired) electrons. The number of hydrogen-bond acceptors (Lipinski definition) is 2. The highest BCUT2D eigenvalue weighted by atomic mass is 35.5. The molecule has 0 saturated heterocycles. The van der Waals surface area contributed by atoms with Gasteiger partial charge in [0.05, 0.1) is 0 Å². The molecule has 2 rings (SSSR count). The molecule has 0 unspecified atom stereocenters. The lowest BCUT2D eigenvalue weighted by Gasteiger charge is -2.23. The minimum atomic E-state index is -0.365. The maximum Gasteiger partial charge on any atom is 0.233 e. The average Bonchev–Trinajstić information content (AvgIpc) is 2.49. The fourth-order valence-electron chi connectivity index (χ4n) is 2.55. The molecule has 2 aromatic carbocycles. The Morgan fingerprint density at radius 3 is 2.16 bits per heavy atom. The number of anilines is 2. The molecule has 2 aromatic rings. The van der Waals surface area contributed by atoms with Crippen LogP contribution in [0, 0.1) is 6.92 Å². The van der Waals surface area contributed by atoms with Gasteiger partial charge < -0.3 is 10.6 Å². The van der Waals surface area contributed by atoms with E-state index in [1.807, 2.05) is 31.2 Å². The van der Waals surface area contributed by atoms with Crippen LogP contribution in [0.3, 0.4) is 0 Å². The fourth-order valence-corrected chi connectivity index (χ4v) is 2.77. The summed E-state index contributed by atoms with van der Waals surface area (Å²) < 4.78 is 0. The lowest BCUT2D eigenvalue weighted by molar-refractivity contribution is -0.123. The standard InChI is InChI=1S/C20H23ClN2O2/c1-13-11-14(21)9-10-16(13)22-18(24)12-19(25)23-17-8-6-5-7-15(17)20(2,3)4/h5-11H,12H2,1-4H3,(H,22,24)(H,23,25). The van der Waals surface area contributed by atoms with E-state index in [0.29, 0.717) is 10.7 Å². The van der Waals surface area contributed by atoms with Gasteiger partial charge in [-0.15, -0.1) is 0 Å². The fraction of sp³-hybridized carbons (Fsp3) is 0.300. The summed E-state index contributed by atoms with van der Waals surface area (Å²) in [5, 5.41) is 6.18. The molecule has 5 heteroatoms. The topological polar surface area (TPSA) is 58.2 Å². The summed E-state index contributed by atoms with van der Waals surface area (Å²) in [7, 11) is 0. The summed E-state index contributed by atoms with van der Waals surface area (Å²) in [6, 6.07) is 12.8. The van der Waals surface area contributed by atoms with Crippen LogP contribution in [0.15, 0.2) is 42.5 Å². The number of rotatable bonds is 4. The van der Waals surface area contributed by atoms with Crippen molar-refractivity contribution in [3.05, 3.63) is 58.6 Å². The van der Waals surface area contributed by atoms with Crippen molar-refractivity contribution in [1.82, 2.24) is 0 Å². The quantitative estimate of drug-likeness (QED) is 0.762. The molecule has 0 saturated carbocycles. The van der Waals surface area contributed by atoms with Crippen LogP contribution < -0.4 is 10.6 Å². The molecule has 0 spiro atoms. The molecule has 0 aliphatic carbocycles. The molecule has 0 aliphatic heterocycles. The van der Waals surface area contributed by atoms with Gasteiger partial charge in [-0.05, 0) is 47.7 Å². The molecule has 0 bridgehead atoms. The van der Waals surface area contributed by atoms with Crippen molar-refractivity contribution < 1.29 is 9.59 Å². The van der Waals surface area contributed by atoms with Gasteiger partial charge in [0.25, 0.3) is 0 Å². The monoisotopic (exact) mass is 358 g/mol. The zero-order valence-electron chi connectivity index (χ0n) is 14.9. The zero-order chi connectivity index (χ0) is 18.6. The number of nitrogens with one attached hydrogen (secondary N) is 2. The van der Waals surface area contributed by atoms with Crippen LogP contribution in [0.1, 0.15) is 38.3 Å². The third kappa shape index (κ3) is 5.33. The SMILES string of the molecule is Cc1cc(Cl)ccc1NC(=O)CC(=O)Nc1ccccc1C(C)(C)C. The maximum absolute atomic E-state index is 12.2. The van der Waals surface area contributed by atoms with Crippen LogP contribution >= 0.6 is 11.6 Å². The lowest BCUT2D eigenvalue weighted by Crippen LogP contribution is -2.23. The number of carbonyl (C=O) groups excluding carboxylic acids is 2. The summed E-state index contributed by atoms with van der Waals surface area (Å²) in [5.74, 6) is -0.711. The Labute approximate surface area is 153 Å². The second kappa shape index (κ2) is 7.70. The van der Waals surface area contributed by atoms with Crippen LogP contribution in [0.4, 0.5) is 11.4 Å². The van der Waals surface area contributed by atoms with E-state index >= 15 is 0 Å². The van der Waals surface area contributed by atoms with Crippen LogP contribution in [0.25, 0.3) is 0 Å². The molecule has 2 amide bonds. The van der Waals surface area contributed by atoms with E-state index in [2.05, 4.69) is 31.4 Å². The molecular formula is C20H23ClN2O2. The number of para-hydroxylation sites is 1. The Bertz CT molecular complexity index is 795. The molecule has 2 N–H and O–H groups in total. The third-order valence-electron chi connectivity index (χ3n) is 3.79. The first-order valence-electron chi connectivity index (χ1n) is 8.12. The van der Waals surface area contributed by atoms with Crippen LogP contribution in [-0.4, -0.2) is 11.8 Å². The van der Waals surface area contributed by atoms with Crippen molar-refractivity contribution >= 4 is 34.8 Å². The van der Waals surface area contributed by atoms with Crippen molar-refractivity contribution in [1.29, 1.82) is 0 Å². The van der Waals surface area contributed by atoms with Gasteiger partial charge in [0.1, 0.15) is 6.42 Å². The second-order valence-electron chi connectivity index (χ2n) is 7.03. The maximum atomic E-state index is 12.2. The van der Waals surface area contributed by atoms with Gasteiger partial charge >= 0.3 is 0 Å². The average molecular weight is 359 g/mol. The normalized spacial score (nSPS) is 11.1. The Hall–Kier alpha value is -2.33. The second-order valence-corrected chi connectivity index (χ2v) is 7.46. The van der Waals surface area contributed by atoms with E-state index in [1.165, 1.54) is 0 Å². The molecular weight excluding hydrogens is 336 g/mol. The van der Waals surface area contributed by atoms with E-state index in [4.69, 9.17) is 11.6 Å². The number of carbonyl (C=O) groups is 2. The van der Waals surface area contributed by atoms with Crippen molar-refractivity contribution in [3.63, 3.8) is 0 Å². The van der Waals surface area contributed by atoms with Crippen molar-refractivity contribution in [2.75, 3.05) is 10.6 Å². The van der Waals surface area contributed by atoms with Gasteiger partial charge in [0.15, 0.2) is 0 Å². The smallest absolute Gasteiger partial charge is 0.233 e. The number of hydrogen-bond donors (Lipinski definition) is 2. The van der Waals surface area contributed by atoms with E-state index in [1.54, 1.807) is 18.2 Å². The summed E-state index contributed by atoms with van der Waals surface area (Å²) in [4.78, 5) is 24.4. The Kier molecular flexibility index (Phi) is 5.85. The number of amides is 2. The number of aryl methyl sites for hydroxylation is 1. The predicted molar refractivity (Wildman–Crippen MR) is 103 cm³/mol. The van der Waals surface area contributed by atoms with Crippen molar-refractivity contribution in [3.8, 4) is 0 Å². The summed E-state index contributed by atoms with van der Waals surface area (Å²) in [5.41, 5.74) is 3.15. The van der Waals surface area contributed by atoms with Gasteiger partial charge in [0.2, 0.25) is 11.8 Å². The Morgan fingerprint density at radius 1 is 0.960 bits per heavy atom. The third-order valence-corrected chi connectivity index (χ3v) is 4.03. The minimum absolute atomic E-state index is 0.105. The molecule has 0 aliphatic rings. The van der Waals surface area contributed by atoms with Crippen LogP contribution in [0.2, 0.25) is 5.02 Å². The van der Waals surface area contributed by atoms with E-state index in [0.717, 1.165) is 16.8 Å². The first-order chi connectivity index (χ1) is 11.7. The lowest BCUT2D eigenvalue weighted by atomic mass is 9.86. The summed E-state index contributed by atoms with van der Waals surface area (Å²) in [6.07, 6.45) is -0.249. The number of benzene rings is 2. The van der Waals surface area contributed by atoms with Crippen LogP contribution in [-0.2, 0) is 15.0 Å². The van der Waals surface area contributed by atoms with Crippen LogP contribution in [0.5, 0.6) is 0 Å². The molecule has 132 valence electrons. The molecule has 0 atom stereocenters. The van der Waals surface area contributed by atoms with Gasteiger partial charge in [-0.3, -0.25) is 9.59 Å². The predicted octanol–water partition coefficient (Wildman–Crippen LogP) is 4.91. The highest BCUT2D eigenvalue weighted by Gasteiger charge is 2.19. The molecule has 0 aromatic heterocycles. The van der Waals surface area contributed by atoms with Gasteiger partial charge in [-0.2, -0.15) is 0 Å². The van der Waals surface area contributed by atoms with Gasteiger partial charge in [-0.25, -0.2) is 0 Å². The molecule has 0 fully saturated rings. The largest absolute Gasteiger partial charge is 0.325 e. The molecule has 25 heavy (non-hydrogen) atoms. The molecule has 4 nitrogen and oxygen atoms in total. The molecule has 0 heterocycles. The Morgan fingerprint density at radius 2 is 1.56 bits per heavy atom. The van der Waals surface area contributed by atoms with Gasteiger partial charge in [-0.1, -0.05) is 50.6 Å². The van der Waals surface area contributed by atoms with E-state index < -0.39 is 0 Å². The van der Waals surface area contributed by atoms with Crippen molar-refractivity contribution in [2.24, 2.45) is 0 Å². The minimum Gasteiger partial charge on any atom is -0.325 e. The zero-order valence-corrected chi connectivity index (χ0v) is 15.7. The number of halogens is 1. The first-order valence-corrected chi connectivity index (χ1v) is 8.50. The first kappa shape index (κ1) is 19.0. The summed E-state index contributed by atoms with van der Waals surface area (Å²) >= 11 is 5.90.